The molecule has 5 rings (SSSR count). The molecule has 0 unspecified atom stereocenters. The second-order valence-corrected chi connectivity index (χ2v) is 11.9. The molecular weight excluding hydrogens is 547 g/mol. The van der Waals surface area contributed by atoms with Crippen molar-refractivity contribution in [3.63, 3.8) is 0 Å². The minimum atomic E-state index is -0.375. The van der Waals surface area contributed by atoms with Crippen LogP contribution in [0, 0.1) is 0 Å². The molecule has 0 spiro atoms. The first-order valence-electron chi connectivity index (χ1n) is 13.1. The van der Waals surface area contributed by atoms with Gasteiger partial charge in [-0.3, -0.25) is 4.79 Å². The van der Waals surface area contributed by atoms with E-state index >= 15 is 0 Å². The first-order chi connectivity index (χ1) is 19.0. The summed E-state index contributed by atoms with van der Waals surface area (Å²) >= 11 is 12.1. The smallest absolute Gasteiger partial charge is 0.342 e. The summed E-state index contributed by atoms with van der Waals surface area (Å²) < 4.78 is 1.36. The summed E-state index contributed by atoms with van der Waals surface area (Å²) in [7, 11) is 0. The topological polar surface area (TPSA) is 96.3 Å². The Morgan fingerprint density at radius 1 is 0.975 bits per heavy atom. The van der Waals surface area contributed by atoms with Gasteiger partial charge < -0.3 is 15.7 Å². The van der Waals surface area contributed by atoms with Crippen molar-refractivity contribution in [1.29, 1.82) is 0 Å². The fraction of sp³-hybridized carbons (Fsp3) is 0.258. The maximum Gasteiger partial charge on any atom is 0.342 e. The van der Waals surface area contributed by atoms with Gasteiger partial charge in [-0.1, -0.05) is 62.2 Å². The highest BCUT2D eigenvalue weighted by Crippen LogP contribution is 2.42. The van der Waals surface area contributed by atoms with E-state index in [1.54, 1.807) is 42.5 Å². The number of phenols is 1. The average Bonchev–Trinajstić information content (AvgIpc) is 3.67. The Kier molecular flexibility index (Phi) is 7.62. The Hall–Kier alpha value is -3.81. The summed E-state index contributed by atoms with van der Waals surface area (Å²) in [5.41, 5.74) is 4.64. The average molecular weight is 578 g/mol. The van der Waals surface area contributed by atoms with Crippen molar-refractivity contribution in [2.24, 2.45) is 0 Å². The van der Waals surface area contributed by atoms with Gasteiger partial charge in [0.2, 0.25) is 0 Å². The number of hydrogen-bond acceptors (Lipinski definition) is 4. The molecule has 7 nitrogen and oxygen atoms in total. The third-order valence-electron chi connectivity index (χ3n) is 6.90. The minimum Gasteiger partial charge on any atom is -0.507 e. The molecule has 2 amide bonds. The number of hydrogen-bond donors (Lipinski definition) is 3. The molecule has 4 aromatic rings. The molecule has 1 aliphatic rings. The van der Waals surface area contributed by atoms with Gasteiger partial charge in [-0.2, -0.15) is 9.78 Å². The summed E-state index contributed by atoms with van der Waals surface area (Å²) in [4.78, 5) is 25.8. The van der Waals surface area contributed by atoms with Crippen LogP contribution in [0.3, 0.4) is 0 Å². The molecule has 1 fully saturated rings. The molecule has 206 valence electrons. The van der Waals surface area contributed by atoms with E-state index in [9.17, 15) is 14.7 Å². The highest BCUT2D eigenvalue weighted by atomic mass is 35.5. The second kappa shape index (κ2) is 11.0. The number of halogens is 2. The van der Waals surface area contributed by atoms with E-state index in [0.717, 1.165) is 29.7 Å². The van der Waals surface area contributed by atoms with Crippen molar-refractivity contribution in [2.75, 3.05) is 5.32 Å². The number of nitrogens with zero attached hydrogens (tertiary/aromatic N) is 2. The molecule has 1 heterocycles. The predicted octanol–water partition coefficient (Wildman–Crippen LogP) is 7.75. The van der Waals surface area contributed by atoms with Crippen molar-refractivity contribution >= 4 is 40.8 Å². The number of phenolic OH excluding ortho intramolecular Hbond substituents is 1. The lowest BCUT2D eigenvalue weighted by atomic mass is 9.87. The second-order valence-electron chi connectivity index (χ2n) is 11.1. The molecule has 3 N–H and O–H groups in total. The van der Waals surface area contributed by atoms with E-state index in [0.29, 0.717) is 32.6 Å². The van der Waals surface area contributed by atoms with Crippen LogP contribution < -0.4 is 10.6 Å². The van der Waals surface area contributed by atoms with Gasteiger partial charge in [0.1, 0.15) is 5.75 Å². The van der Waals surface area contributed by atoms with Crippen molar-refractivity contribution < 1.29 is 14.7 Å². The fourth-order valence-corrected chi connectivity index (χ4v) is 4.73. The molecule has 1 aliphatic carbocycles. The predicted molar refractivity (Wildman–Crippen MR) is 158 cm³/mol. The number of rotatable bonds is 6. The van der Waals surface area contributed by atoms with E-state index < -0.39 is 0 Å². The Labute approximate surface area is 243 Å². The summed E-state index contributed by atoms with van der Waals surface area (Å²) in [6.45, 7) is 6.61. The molecular formula is C31H30Cl2N4O3. The number of benzene rings is 3. The molecule has 1 aromatic heterocycles. The van der Waals surface area contributed by atoms with E-state index in [1.807, 2.05) is 18.2 Å². The number of carbonyl (C=O) groups excluding carboxylic acids is 2. The van der Waals surface area contributed by atoms with Gasteiger partial charge in [-0.15, -0.1) is 0 Å². The van der Waals surface area contributed by atoms with E-state index in [2.05, 4.69) is 36.5 Å². The van der Waals surface area contributed by atoms with Crippen molar-refractivity contribution in [1.82, 2.24) is 15.1 Å². The standard InChI is InChI=1S/C31H30Cl2N4O3/c1-31(2,3)21-9-7-20(8-10-21)29(39)35-22-11-12-23(28(38)15-22)26-16-27(19-5-6-19)37(36-26)30(40)34-17-18-4-13-24(32)25(33)14-18/h4,7-16,19,38H,5-6,17H2,1-3H3,(H,34,40)(H,35,39). The van der Waals surface area contributed by atoms with Crippen LogP contribution in [0.1, 0.15) is 66.7 Å². The van der Waals surface area contributed by atoms with Crippen LogP contribution in [0.15, 0.2) is 66.7 Å². The maximum absolute atomic E-state index is 13.1. The van der Waals surface area contributed by atoms with Gasteiger partial charge in [0.25, 0.3) is 5.91 Å². The summed E-state index contributed by atoms with van der Waals surface area (Å²) in [5, 5.41) is 21.9. The van der Waals surface area contributed by atoms with Crippen LogP contribution >= 0.6 is 23.2 Å². The number of aromatic hydroxyl groups is 1. The zero-order chi connectivity index (χ0) is 28.6. The van der Waals surface area contributed by atoms with Crippen LogP contribution in [-0.2, 0) is 12.0 Å². The van der Waals surface area contributed by atoms with Gasteiger partial charge in [0.15, 0.2) is 0 Å². The number of carbonyl (C=O) groups is 2. The molecule has 0 bridgehead atoms. The molecule has 9 heteroatoms. The fourth-order valence-electron chi connectivity index (χ4n) is 4.41. The maximum atomic E-state index is 13.1. The zero-order valence-corrected chi connectivity index (χ0v) is 24.0. The normalized spacial score (nSPS) is 13.2. The lowest BCUT2D eigenvalue weighted by molar-refractivity contribution is 0.102. The largest absolute Gasteiger partial charge is 0.507 e. The number of nitrogens with one attached hydrogen (secondary N) is 2. The van der Waals surface area contributed by atoms with Crippen LogP contribution in [-0.4, -0.2) is 26.8 Å². The van der Waals surface area contributed by atoms with Crippen LogP contribution in [0.25, 0.3) is 11.3 Å². The highest BCUT2D eigenvalue weighted by molar-refractivity contribution is 6.42. The van der Waals surface area contributed by atoms with E-state index in [-0.39, 0.29) is 35.6 Å². The quantitative estimate of drug-likeness (QED) is 0.218. The molecule has 3 aromatic carbocycles. The SMILES string of the molecule is CC(C)(C)c1ccc(C(=O)Nc2ccc(-c3cc(C4CC4)n(C(=O)NCc4ccc(Cl)c(Cl)c4)n3)c(O)c2)cc1. The number of aromatic nitrogens is 2. The van der Waals surface area contributed by atoms with Gasteiger partial charge in [0, 0.05) is 35.3 Å². The summed E-state index contributed by atoms with van der Waals surface area (Å²) in [6, 6.07) is 19.0. The Balaban J connectivity index is 1.31. The summed E-state index contributed by atoms with van der Waals surface area (Å²) in [6.07, 6.45) is 1.94. The van der Waals surface area contributed by atoms with E-state index in [4.69, 9.17) is 23.2 Å². The first kappa shape index (κ1) is 27.7. The molecule has 40 heavy (non-hydrogen) atoms. The van der Waals surface area contributed by atoms with Crippen molar-refractivity contribution in [2.45, 2.75) is 51.5 Å². The Morgan fingerprint density at radius 2 is 1.70 bits per heavy atom. The molecule has 0 saturated heterocycles. The molecule has 0 atom stereocenters. The highest BCUT2D eigenvalue weighted by Gasteiger charge is 2.31. The number of amides is 2. The summed E-state index contributed by atoms with van der Waals surface area (Å²) in [5.74, 6) is -0.0852. The van der Waals surface area contributed by atoms with Crippen LogP contribution in [0.2, 0.25) is 10.0 Å². The van der Waals surface area contributed by atoms with Crippen molar-refractivity contribution in [3.05, 3.63) is 99.2 Å². The lowest BCUT2D eigenvalue weighted by Crippen LogP contribution is -2.30. The molecule has 0 radical (unpaired) electrons. The van der Waals surface area contributed by atoms with Gasteiger partial charge in [-0.25, -0.2) is 4.79 Å². The zero-order valence-electron chi connectivity index (χ0n) is 22.5. The van der Waals surface area contributed by atoms with Gasteiger partial charge >= 0.3 is 6.03 Å². The minimum absolute atomic E-state index is 0.00530. The Morgan fingerprint density at radius 3 is 2.33 bits per heavy atom. The third kappa shape index (κ3) is 6.16. The van der Waals surface area contributed by atoms with Crippen LogP contribution in [0.5, 0.6) is 5.75 Å². The first-order valence-corrected chi connectivity index (χ1v) is 13.8. The van der Waals surface area contributed by atoms with E-state index in [1.165, 1.54) is 10.7 Å². The molecule has 1 saturated carbocycles. The van der Waals surface area contributed by atoms with Crippen LogP contribution in [0.4, 0.5) is 10.5 Å². The van der Waals surface area contributed by atoms with Gasteiger partial charge in [0.05, 0.1) is 21.4 Å². The van der Waals surface area contributed by atoms with Gasteiger partial charge in [-0.05, 0) is 71.8 Å². The molecule has 0 aliphatic heterocycles. The third-order valence-corrected chi connectivity index (χ3v) is 7.64. The van der Waals surface area contributed by atoms with Crippen molar-refractivity contribution in [3.8, 4) is 17.0 Å². The monoisotopic (exact) mass is 576 g/mol. The lowest BCUT2D eigenvalue weighted by Gasteiger charge is -2.19. The number of anilines is 1. The Bertz CT molecular complexity index is 1590.